The number of halogens is 1. The van der Waals surface area contributed by atoms with Crippen molar-refractivity contribution in [3.05, 3.63) is 33.3 Å². The first-order valence-electron chi connectivity index (χ1n) is 6.27. The lowest BCUT2D eigenvalue weighted by molar-refractivity contribution is -0.384. The molecule has 0 radical (unpaired) electrons. The topological polar surface area (TPSA) is 46.4 Å². The second-order valence-corrected chi connectivity index (χ2v) is 5.17. The van der Waals surface area contributed by atoms with Gasteiger partial charge in [0.05, 0.1) is 9.95 Å². The summed E-state index contributed by atoms with van der Waals surface area (Å²) in [6, 6.07) is 5.21. The summed E-state index contributed by atoms with van der Waals surface area (Å²) in [5, 5.41) is 11.5. The van der Waals surface area contributed by atoms with Crippen LogP contribution in [0.3, 0.4) is 0 Å². The van der Waals surface area contributed by atoms with Gasteiger partial charge in [-0.1, -0.05) is 36.9 Å². The van der Waals surface area contributed by atoms with Crippen molar-refractivity contribution in [1.82, 2.24) is 0 Å². The van der Waals surface area contributed by atoms with Gasteiger partial charge in [0.25, 0.3) is 5.69 Å². The highest BCUT2D eigenvalue weighted by atomic mass is 35.5. The monoisotopic (exact) mass is 268 g/mol. The lowest BCUT2D eigenvalue weighted by Gasteiger charge is -2.33. The van der Waals surface area contributed by atoms with Crippen LogP contribution in [0.25, 0.3) is 0 Å². The van der Waals surface area contributed by atoms with Crippen LogP contribution in [-0.4, -0.2) is 18.0 Å². The first kappa shape index (κ1) is 13.1. The third-order valence-electron chi connectivity index (χ3n) is 3.64. The Morgan fingerprint density at radius 2 is 2.00 bits per heavy atom. The van der Waals surface area contributed by atoms with Gasteiger partial charge in [0, 0.05) is 19.2 Å². The zero-order valence-corrected chi connectivity index (χ0v) is 11.2. The van der Waals surface area contributed by atoms with Gasteiger partial charge < -0.3 is 4.90 Å². The van der Waals surface area contributed by atoms with Crippen LogP contribution in [0.2, 0.25) is 5.02 Å². The van der Waals surface area contributed by atoms with Gasteiger partial charge in [-0.05, 0) is 18.9 Å². The van der Waals surface area contributed by atoms with Crippen LogP contribution in [0.1, 0.15) is 32.1 Å². The molecular formula is C13H17ClN2O2. The molecule has 5 heteroatoms. The molecule has 1 saturated carbocycles. The van der Waals surface area contributed by atoms with E-state index in [-0.39, 0.29) is 10.6 Å². The third-order valence-corrected chi connectivity index (χ3v) is 3.94. The summed E-state index contributed by atoms with van der Waals surface area (Å²) in [4.78, 5) is 12.7. The Hall–Kier alpha value is -1.29. The molecule has 0 aromatic heterocycles. The van der Waals surface area contributed by atoms with E-state index in [4.69, 9.17) is 11.6 Å². The number of hydrogen-bond donors (Lipinski definition) is 0. The number of nitrogens with zero attached hydrogens (tertiary/aromatic N) is 2. The van der Waals surface area contributed by atoms with E-state index in [0.29, 0.717) is 16.8 Å². The van der Waals surface area contributed by atoms with Crippen LogP contribution < -0.4 is 4.90 Å². The van der Waals surface area contributed by atoms with Crippen molar-refractivity contribution in [2.75, 3.05) is 11.9 Å². The van der Waals surface area contributed by atoms with E-state index < -0.39 is 0 Å². The van der Waals surface area contributed by atoms with Crippen molar-refractivity contribution < 1.29 is 4.92 Å². The third kappa shape index (κ3) is 2.58. The molecule has 0 saturated heterocycles. The summed E-state index contributed by atoms with van der Waals surface area (Å²) in [7, 11) is 1.91. The maximum Gasteiger partial charge on any atom is 0.294 e. The molecule has 1 aromatic rings. The Kier molecular flexibility index (Phi) is 4.07. The van der Waals surface area contributed by atoms with Gasteiger partial charge in [0.15, 0.2) is 0 Å². The van der Waals surface area contributed by atoms with Crippen LogP contribution in [0, 0.1) is 10.1 Å². The summed E-state index contributed by atoms with van der Waals surface area (Å²) >= 11 is 6.14. The van der Waals surface area contributed by atoms with Crippen molar-refractivity contribution in [1.29, 1.82) is 0 Å². The van der Waals surface area contributed by atoms with Gasteiger partial charge in [-0.25, -0.2) is 0 Å². The van der Waals surface area contributed by atoms with Gasteiger partial charge in [0.1, 0.15) is 5.69 Å². The molecule has 98 valence electrons. The summed E-state index contributed by atoms with van der Waals surface area (Å²) in [6.45, 7) is 0. The van der Waals surface area contributed by atoms with Crippen molar-refractivity contribution in [2.45, 2.75) is 38.1 Å². The highest BCUT2D eigenvalue weighted by Gasteiger charge is 2.26. The molecule has 18 heavy (non-hydrogen) atoms. The van der Waals surface area contributed by atoms with E-state index in [2.05, 4.69) is 0 Å². The van der Waals surface area contributed by atoms with Gasteiger partial charge in [0.2, 0.25) is 0 Å². The van der Waals surface area contributed by atoms with Gasteiger partial charge in [-0.15, -0.1) is 0 Å². The first-order chi connectivity index (χ1) is 8.61. The minimum absolute atomic E-state index is 0.0931. The Morgan fingerprint density at radius 1 is 1.33 bits per heavy atom. The molecule has 1 aromatic carbocycles. The average Bonchev–Trinajstić information content (AvgIpc) is 2.38. The fraction of sp³-hybridized carbons (Fsp3) is 0.538. The predicted octanol–water partition coefficient (Wildman–Crippen LogP) is 4.02. The van der Waals surface area contributed by atoms with Crippen molar-refractivity contribution >= 4 is 23.0 Å². The number of anilines is 1. The van der Waals surface area contributed by atoms with Crippen LogP contribution in [0.5, 0.6) is 0 Å². The quantitative estimate of drug-likeness (QED) is 0.614. The number of nitro benzene ring substituents is 1. The molecule has 0 amide bonds. The smallest absolute Gasteiger partial charge is 0.294 e. The maximum absolute atomic E-state index is 11.1. The van der Waals surface area contributed by atoms with Crippen LogP contribution >= 0.6 is 11.6 Å². The zero-order chi connectivity index (χ0) is 13.1. The highest BCUT2D eigenvalue weighted by Crippen LogP contribution is 2.37. The number of hydrogen-bond acceptors (Lipinski definition) is 3. The normalized spacial score (nSPS) is 16.6. The Balaban J connectivity index is 2.33. The van der Waals surface area contributed by atoms with Crippen LogP contribution in [-0.2, 0) is 0 Å². The zero-order valence-electron chi connectivity index (χ0n) is 10.4. The van der Waals surface area contributed by atoms with Crippen molar-refractivity contribution in [2.24, 2.45) is 0 Å². The molecular weight excluding hydrogens is 252 g/mol. The standard InChI is InChI=1S/C13H17ClN2O2/c1-15(10-6-3-2-4-7-10)13-11(14)8-5-9-12(13)16(17)18/h5,8-10H,2-4,6-7H2,1H3. The highest BCUT2D eigenvalue weighted by molar-refractivity contribution is 6.33. The Bertz CT molecular complexity index is 445. The Morgan fingerprint density at radius 3 is 2.61 bits per heavy atom. The molecule has 1 aliphatic carbocycles. The molecule has 0 N–H and O–H groups in total. The molecule has 0 spiro atoms. The minimum Gasteiger partial charge on any atom is -0.365 e. The van der Waals surface area contributed by atoms with Crippen LogP contribution in [0.4, 0.5) is 11.4 Å². The second-order valence-electron chi connectivity index (χ2n) is 4.77. The summed E-state index contributed by atoms with van der Waals surface area (Å²) in [5.41, 5.74) is 0.645. The average molecular weight is 269 g/mol. The fourth-order valence-electron chi connectivity index (χ4n) is 2.65. The maximum atomic E-state index is 11.1. The molecule has 2 rings (SSSR count). The molecule has 0 bridgehead atoms. The Labute approximate surface area is 112 Å². The molecule has 0 atom stereocenters. The molecule has 1 aliphatic rings. The molecule has 4 nitrogen and oxygen atoms in total. The van der Waals surface area contributed by atoms with Gasteiger partial charge >= 0.3 is 0 Å². The van der Waals surface area contributed by atoms with Gasteiger partial charge in [-0.2, -0.15) is 0 Å². The number of rotatable bonds is 3. The lowest BCUT2D eigenvalue weighted by atomic mass is 9.94. The number of nitro groups is 1. The van der Waals surface area contributed by atoms with Gasteiger partial charge in [-0.3, -0.25) is 10.1 Å². The summed E-state index contributed by atoms with van der Waals surface area (Å²) in [5.74, 6) is 0. The van der Waals surface area contributed by atoms with Crippen molar-refractivity contribution in [3.8, 4) is 0 Å². The molecule has 0 aliphatic heterocycles. The minimum atomic E-state index is -0.361. The SMILES string of the molecule is CN(c1c(Cl)cccc1[N+](=O)[O-])C1CCCCC1. The lowest BCUT2D eigenvalue weighted by Crippen LogP contribution is -2.33. The fourth-order valence-corrected chi connectivity index (χ4v) is 2.95. The first-order valence-corrected chi connectivity index (χ1v) is 6.65. The largest absolute Gasteiger partial charge is 0.365 e. The van der Waals surface area contributed by atoms with E-state index in [1.807, 2.05) is 11.9 Å². The van der Waals surface area contributed by atoms with E-state index in [0.717, 1.165) is 12.8 Å². The predicted molar refractivity (Wildman–Crippen MR) is 73.4 cm³/mol. The van der Waals surface area contributed by atoms with E-state index in [9.17, 15) is 10.1 Å². The van der Waals surface area contributed by atoms with Crippen LogP contribution in [0.15, 0.2) is 18.2 Å². The van der Waals surface area contributed by atoms with E-state index in [1.54, 1.807) is 12.1 Å². The number of benzene rings is 1. The molecule has 0 unspecified atom stereocenters. The summed E-state index contributed by atoms with van der Waals surface area (Å²) in [6.07, 6.45) is 5.80. The molecule has 0 heterocycles. The second kappa shape index (κ2) is 5.57. The van der Waals surface area contributed by atoms with E-state index >= 15 is 0 Å². The van der Waals surface area contributed by atoms with E-state index in [1.165, 1.54) is 25.3 Å². The number of para-hydroxylation sites is 1. The van der Waals surface area contributed by atoms with Crippen molar-refractivity contribution in [3.63, 3.8) is 0 Å². The summed E-state index contributed by atoms with van der Waals surface area (Å²) < 4.78 is 0. The molecule has 1 fully saturated rings.